The molecule has 5 aromatic carbocycles. The summed E-state index contributed by atoms with van der Waals surface area (Å²) in [5, 5.41) is 14.3. The number of benzene rings is 5. The molecule has 8 rings (SSSR count). The SMILES string of the molecule is N#Cc1cccnc1-c1cccc(-c2cccc(-n3c4ccccc4c4c5c(ccc43)oc3ccccc35)c2)c1. The Bertz CT molecular complexity index is 2300. The Morgan fingerprint density at radius 1 is 0.600 bits per heavy atom. The van der Waals surface area contributed by atoms with E-state index in [1.54, 1.807) is 18.3 Å². The molecule has 0 saturated heterocycles. The van der Waals surface area contributed by atoms with Gasteiger partial charge in [0.15, 0.2) is 0 Å². The van der Waals surface area contributed by atoms with Gasteiger partial charge >= 0.3 is 0 Å². The van der Waals surface area contributed by atoms with Crippen LogP contribution in [0.1, 0.15) is 5.56 Å². The van der Waals surface area contributed by atoms with Crippen molar-refractivity contribution in [1.82, 2.24) is 9.55 Å². The number of rotatable bonds is 3. The van der Waals surface area contributed by atoms with Crippen LogP contribution in [0.2, 0.25) is 0 Å². The lowest BCUT2D eigenvalue weighted by molar-refractivity contribution is 0.669. The minimum Gasteiger partial charge on any atom is -0.456 e. The van der Waals surface area contributed by atoms with Gasteiger partial charge in [-0.2, -0.15) is 5.26 Å². The number of para-hydroxylation sites is 2. The average molecular weight is 512 g/mol. The number of aromatic nitrogens is 2. The summed E-state index contributed by atoms with van der Waals surface area (Å²) >= 11 is 0. The van der Waals surface area contributed by atoms with Crippen molar-refractivity contribution in [1.29, 1.82) is 5.26 Å². The van der Waals surface area contributed by atoms with Gasteiger partial charge in [0.05, 0.1) is 22.3 Å². The highest BCUT2D eigenvalue weighted by Gasteiger charge is 2.18. The molecule has 0 bridgehead atoms. The summed E-state index contributed by atoms with van der Waals surface area (Å²) < 4.78 is 8.57. The molecule has 4 nitrogen and oxygen atoms in total. The maximum Gasteiger partial charge on any atom is 0.136 e. The fourth-order valence-corrected chi connectivity index (χ4v) is 5.95. The fraction of sp³-hybridized carbons (Fsp3) is 0. The zero-order valence-corrected chi connectivity index (χ0v) is 21.4. The van der Waals surface area contributed by atoms with Gasteiger partial charge in [0.1, 0.15) is 17.2 Å². The standard InChI is InChI=1S/C36H21N3O/c37-22-26-11-7-19-38-36(26)25-10-5-8-23(20-25)24-9-6-12-27(21-24)39-30-15-3-1-13-28(30)34-31(39)17-18-33-35(34)29-14-2-4-16-32(29)40-33/h1-21H. The molecular formula is C36H21N3O. The fourth-order valence-electron chi connectivity index (χ4n) is 5.95. The number of pyridine rings is 1. The minimum atomic E-state index is 0.566. The van der Waals surface area contributed by atoms with Crippen molar-refractivity contribution in [2.75, 3.05) is 0 Å². The minimum absolute atomic E-state index is 0.566. The molecule has 0 atom stereocenters. The van der Waals surface area contributed by atoms with Crippen molar-refractivity contribution in [3.63, 3.8) is 0 Å². The molecule has 0 N–H and O–H groups in total. The smallest absolute Gasteiger partial charge is 0.136 e. The van der Waals surface area contributed by atoms with E-state index in [1.165, 1.54) is 10.8 Å². The Balaban J connectivity index is 1.35. The summed E-state index contributed by atoms with van der Waals surface area (Å²) in [7, 11) is 0. The van der Waals surface area contributed by atoms with E-state index in [0.717, 1.165) is 55.3 Å². The van der Waals surface area contributed by atoms with E-state index in [2.05, 4.69) is 101 Å². The Morgan fingerprint density at radius 3 is 2.27 bits per heavy atom. The van der Waals surface area contributed by atoms with Crippen LogP contribution in [0.4, 0.5) is 0 Å². The third kappa shape index (κ3) is 3.28. The molecule has 40 heavy (non-hydrogen) atoms. The zero-order valence-electron chi connectivity index (χ0n) is 21.4. The summed E-state index contributed by atoms with van der Waals surface area (Å²) in [6.07, 6.45) is 1.73. The van der Waals surface area contributed by atoms with Gasteiger partial charge < -0.3 is 8.98 Å². The second kappa shape index (κ2) is 8.69. The number of nitrogens with zero attached hydrogens (tertiary/aromatic N) is 3. The molecule has 3 aromatic heterocycles. The van der Waals surface area contributed by atoms with E-state index in [4.69, 9.17) is 4.42 Å². The highest BCUT2D eigenvalue weighted by atomic mass is 16.3. The molecule has 186 valence electrons. The Labute approximate surface area is 230 Å². The van der Waals surface area contributed by atoms with Crippen LogP contribution in [-0.4, -0.2) is 9.55 Å². The van der Waals surface area contributed by atoms with Crippen LogP contribution < -0.4 is 0 Å². The van der Waals surface area contributed by atoms with Gasteiger partial charge in [-0.25, -0.2) is 0 Å². The van der Waals surface area contributed by atoms with Gasteiger partial charge in [0.2, 0.25) is 0 Å². The molecule has 8 aromatic rings. The monoisotopic (exact) mass is 511 g/mol. The maximum atomic E-state index is 9.59. The van der Waals surface area contributed by atoms with E-state index in [0.29, 0.717) is 11.3 Å². The molecule has 0 amide bonds. The van der Waals surface area contributed by atoms with Crippen LogP contribution in [0.5, 0.6) is 0 Å². The van der Waals surface area contributed by atoms with Gasteiger partial charge in [-0.05, 0) is 65.7 Å². The van der Waals surface area contributed by atoms with Crippen LogP contribution in [-0.2, 0) is 0 Å². The zero-order chi connectivity index (χ0) is 26.6. The first-order chi connectivity index (χ1) is 19.8. The van der Waals surface area contributed by atoms with E-state index < -0.39 is 0 Å². The molecule has 0 aliphatic heterocycles. The van der Waals surface area contributed by atoms with Gasteiger partial charge in [-0.3, -0.25) is 4.98 Å². The summed E-state index contributed by atoms with van der Waals surface area (Å²) in [6, 6.07) is 43.8. The third-order valence-electron chi connectivity index (χ3n) is 7.68. The van der Waals surface area contributed by atoms with E-state index in [1.807, 2.05) is 24.3 Å². The number of fused-ring (bicyclic) bond motifs is 7. The van der Waals surface area contributed by atoms with Crippen LogP contribution in [0.3, 0.4) is 0 Å². The molecule has 0 unspecified atom stereocenters. The average Bonchev–Trinajstić information content (AvgIpc) is 3.57. The van der Waals surface area contributed by atoms with Crippen molar-refractivity contribution >= 4 is 43.7 Å². The topological polar surface area (TPSA) is 54.8 Å². The van der Waals surface area contributed by atoms with Crippen molar-refractivity contribution in [3.8, 4) is 34.1 Å². The Kier molecular flexibility index (Phi) is 4.85. The van der Waals surface area contributed by atoms with Gasteiger partial charge in [0, 0.05) is 39.0 Å². The van der Waals surface area contributed by atoms with Crippen molar-refractivity contribution in [2.24, 2.45) is 0 Å². The van der Waals surface area contributed by atoms with Crippen molar-refractivity contribution in [3.05, 3.63) is 133 Å². The first kappa shape index (κ1) is 22.3. The highest BCUT2D eigenvalue weighted by molar-refractivity contribution is 6.27. The molecule has 0 fully saturated rings. The Morgan fingerprint density at radius 2 is 1.38 bits per heavy atom. The molecule has 0 aliphatic rings. The molecular weight excluding hydrogens is 490 g/mol. The van der Waals surface area contributed by atoms with Gasteiger partial charge in [0.25, 0.3) is 0 Å². The highest BCUT2D eigenvalue weighted by Crippen LogP contribution is 2.41. The lowest BCUT2D eigenvalue weighted by Crippen LogP contribution is -1.94. The Hall–Kier alpha value is -5.66. The van der Waals surface area contributed by atoms with Gasteiger partial charge in [-0.1, -0.05) is 66.7 Å². The van der Waals surface area contributed by atoms with Crippen LogP contribution in [0.15, 0.2) is 132 Å². The van der Waals surface area contributed by atoms with Crippen LogP contribution in [0, 0.1) is 11.3 Å². The van der Waals surface area contributed by atoms with Crippen molar-refractivity contribution < 1.29 is 4.42 Å². The summed E-state index contributed by atoms with van der Waals surface area (Å²) in [4.78, 5) is 4.49. The predicted molar refractivity (Wildman–Crippen MR) is 161 cm³/mol. The first-order valence-electron chi connectivity index (χ1n) is 13.2. The third-order valence-corrected chi connectivity index (χ3v) is 7.68. The van der Waals surface area contributed by atoms with Gasteiger partial charge in [-0.15, -0.1) is 0 Å². The number of nitriles is 1. The number of hydrogen-bond acceptors (Lipinski definition) is 3. The molecule has 0 radical (unpaired) electrons. The molecule has 0 spiro atoms. The molecule has 0 saturated carbocycles. The quantitative estimate of drug-likeness (QED) is 0.237. The van der Waals surface area contributed by atoms with E-state index in [-0.39, 0.29) is 0 Å². The number of furan rings is 1. The van der Waals surface area contributed by atoms with Crippen molar-refractivity contribution in [2.45, 2.75) is 0 Å². The van der Waals surface area contributed by atoms with Crippen LogP contribution in [0.25, 0.3) is 71.8 Å². The lowest BCUT2D eigenvalue weighted by Gasteiger charge is -2.11. The maximum absolute atomic E-state index is 9.59. The second-order valence-corrected chi connectivity index (χ2v) is 9.93. The van der Waals surface area contributed by atoms with E-state index in [9.17, 15) is 5.26 Å². The summed E-state index contributed by atoms with van der Waals surface area (Å²) in [5.74, 6) is 0. The molecule has 3 heterocycles. The summed E-state index contributed by atoms with van der Waals surface area (Å²) in [6.45, 7) is 0. The second-order valence-electron chi connectivity index (χ2n) is 9.93. The normalized spacial score (nSPS) is 11.5. The summed E-state index contributed by atoms with van der Waals surface area (Å²) in [5.41, 5.74) is 9.50. The first-order valence-corrected chi connectivity index (χ1v) is 13.2. The van der Waals surface area contributed by atoms with E-state index >= 15 is 0 Å². The number of hydrogen-bond donors (Lipinski definition) is 0. The lowest BCUT2D eigenvalue weighted by atomic mass is 9.99. The largest absolute Gasteiger partial charge is 0.456 e. The molecule has 0 aliphatic carbocycles. The van der Waals surface area contributed by atoms with Crippen LogP contribution >= 0.6 is 0 Å². The molecule has 4 heteroatoms. The predicted octanol–water partition coefficient (Wildman–Crippen LogP) is 9.28.